The zero-order valence-corrected chi connectivity index (χ0v) is 14.9. The summed E-state index contributed by atoms with van der Waals surface area (Å²) in [7, 11) is 0. The van der Waals surface area contributed by atoms with Gasteiger partial charge in [-0.05, 0) is 34.6 Å². The average Bonchev–Trinajstić information content (AvgIpc) is 2.87. The minimum absolute atomic E-state index is 0.250. The largest absolute Gasteiger partial charge is 0.444 e. The molecule has 0 radical (unpaired) electrons. The Labute approximate surface area is 138 Å². The van der Waals surface area contributed by atoms with Gasteiger partial charge < -0.3 is 24.6 Å². The summed E-state index contributed by atoms with van der Waals surface area (Å²) in [6, 6.07) is 0. The van der Waals surface area contributed by atoms with Gasteiger partial charge in [-0.2, -0.15) is 0 Å². The lowest BCUT2D eigenvalue weighted by atomic mass is 10.2. The molecule has 1 amide bonds. The van der Waals surface area contributed by atoms with Crippen LogP contribution in [-0.2, 0) is 17.8 Å². The van der Waals surface area contributed by atoms with E-state index in [-0.39, 0.29) is 6.54 Å². The van der Waals surface area contributed by atoms with Gasteiger partial charge in [0.2, 0.25) is 0 Å². The van der Waals surface area contributed by atoms with Crippen molar-refractivity contribution < 1.29 is 14.6 Å². The minimum Gasteiger partial charge on any atom is -0.444 e. The standard InChI is InChI=1S/C16H30N4O3/c1-6-19-10-8-18-14(19)11-17-7-9-20(12-13(2)21)15(22)23-16(3,4)5/h8,10,13,17,21H,6-7,9,11-12H2,1-5H3. The fraction of sp³-hybridized carbons (Fsp3) is 0.750. The molecule has 23 heavy (non-hydrogen) atoms. The van der Waals surface area contributed by atoms with Crippen LogP contribution < -0.4 is 5.32 Å². The highest BCUT2D eigenvalue weighted by atomic mass is 16.6. The lowest BCUT2D eigenvalue weighted by Gasteiger charge is -2.28. The van der Waals surface area contributed by atoms with Crippen molar-refractivity contribution in [3.05, 3.63) is 18.2 Å². The summed E-state index contributed by atoms with van der Waals surface area (Å²) >= 11 is 0. The molecular formula is C16H30N4O3. The molecule has 7 nitrogen and oxygen atoms in total. The van der Waals surface area contributed by atoms with Gasteiger partial charge in [-0.3, -0.25) is 0 Å². The van der Waals surface area contributed by atoms with Gasteiger partial charge in [-0.15, -0.1) is 0 Å². The van der Waals surface area contributed by atoms with Crippen LogP contribution in [0.25, 0.3) is 0 Å². The van der Waals surface area contributed by atoms with Gasteiger partial charge >= 0.3 is 6.09 Å². The number of imidazole rings is 1. The van der Waals surface area contributed by atoms with Gasteiger partial charge in [-0.25, -0.2) is 9.78 Å². The highest BCUT2D eigenvalue weighted by Gasteiger charge is 2.22. The number of carbonyl (C=O) groups is 1. The summed E-state index contributed by atoms with van der Waals surface area (Å²) in [5.41, 5.74) is -0.548. The first-order valence-electron chi connectivity index (χ1n) is 8.09. The summed E-state index contributed by atoms with van der Waals surface area (Å²) in [6.07, 6.45) is 2.72. The zero-order valence-electron chi connectivity index (χ0n) is 14.9. The third-order valence-corrected chi connectivity index (χ3v) is 3.12. The lowest BCUT2D eigenvalue weighted by Crippen LogP contribution is -2.43. The Bertz CT molecular complexity index is 480. The fourth-order valence-corrected chi connectivity index (χ4v) is 2.11. The number of hydrogen-bond acceptors (Lipinski definition) is 5. The van der Waals surface area contributed by atoms with Gasteiger partial charge in [0, 0.05) is 38.6 Å². The number of rotatable bonds is 8. The molecule has 1 heterocycles. The minimum atomic E-state index is -0.596. The van der Waals surface area contributed by atoms with E-state index in [4.69, 9.17) is 4.74 Å². The van der Waals surface area contributed by atoms with Crippen LogP contribution in [0.4, 0.5) is 4.79 Å². The number of ether oxygens (including phenoxy) is 1. The van der Waals surface area contributed by atoms with Crippen molar-refractivity contribution in [2.24, 2.45) is 0 Å². The second-order valence-electron chi connectivity index (χ2n) is 6.58. The van der Waals surface area contributed by atoms with Crippen molar-refractivity contribution in [2.75, 3.05) is 19.6 Å². The summed E-state index contributed by atoms with van der Waals surface area (Å²) in [4.78, 5) is 18.0. The first-order chi connectivity index (χ1) is 10.7. The third kappa shape index (κ3) is 7.47. The average molecular weight is 326 g/mol. The molecule has 0 aliphatic rings. The Morgan fingerprint density at radius 1 is 1.52 bits per heavy atom. The Morgan fingerprint density at radius 3 is 2.78 bits per heavy atom. The van der Waals surface area contributed by atoms with Crippen LogP contribution in [0.3, 0.4) is 0 Å². The molecule has 7 heteroatoms. The second kappa shape index (κ2) is 8.88. The van der Waals surface area contributed by atoms with E-state index in [1.807, 2.05) is 27.0 Å². The number of aliphatic hydroxyl groups excluding tert-OH is 1. The molecule has 0 bridgehead atoms. The number of nitrogens with one attached hydrogen (secondary N) is 1. The molecule has 1 rings (SSSR count). The smallest absolute Gasteiger partial charge is 0.410 e. The van der Waals surface area contributed by atoms with Crippen molar-refractivity contribution >= 4 is 6.09 Å². The van der Waals surface area contributed by atoms with Crippen LogP contribution in [0.5, 0.6) is 0 Å². The van der Waals surface area contributed by atoms with E-state index in [1.165, 1.54) is 4.90 Å². The molecule has 1 aromatic rings. The Morgan fingerprint density at radius 2 is 2.22 bits per heavy atom. The maximum Gasteiger partial charge on any atom is 0.410 e. The molecule has 0 saturated carbocycles. The molecule has 0 saturated heterocycles. The molecule has 0 aromatic carbocycles. The van der Waals surface area contributed by atoms with Crippen molar-refractivity contribution in [3.63, 3.8) is 0 Å². The monoisotopic (exact) mass is 326 g/mol. The van der Waals surface area contributed by atoms with Crippen molar-refractivity contribution in [3.8, 4) is 0 Å². The van der Waals surface area contributed by atoms with Crippen LogP contribution in [0.1, 0.15) is 40.4 Å². The van der Waals surface area contributed by atoms with Gasteiger partial charge in [0.25, 0.3) is 0 Å². The van der Waals surface area contributed by atoms with E-state index in [1.54, 1.807) is 13.1 Å². The van der Waals surface area contributed by atoms with Gasteiger partial charge in [0.15, 0.2) is 0 Å². The summed E-state index contributed by atoms with van der Waals surface area (Å²) in [6.45, 7) is 12.0. The molecule has 1 aromatic heterocycles. The molecule has 0 fully saturated rings. The normalized spacial score (nSPS) is 13.0. The molecule has 2 N–H and O–H groups in total. The van der Waals surface area contributed by atoms with Crippen LogP contribution in [0.2, 0.25) is 0 Å². The molecule has 0 aliphatic carbocycles. The highest BCUT2D eigenvalue weighted by molar-refractivity contribution is 5.68. The molecule has 1 unspecified atom stereocenters. The topological polar surface area (TPSA) is 79.6 Å². The second-order valence-corrected chi connectivity index (χ2v) is 6.58. The molecule has 0 spiro atoms. The van der Waals surface area contributed by atoms with Gasteiger partial charge in [0.1, 0.15) is 11.4 Å². The van der Waals surface area contributed by atoms with Crippen molar-refractivity contribution in [2.45, 2.75) is 59.4 Å². The van der Waals surface area contributed by atoms with Gasteiger partial charge in [-0.1, -0.05) is 0 Å². The Balaban J connectivity index is 2.46. The number of aliphatic hydroxyl groups is 1. The zero-order chi connectivity index (χ0) is 17.5. The maximum absolute atomic E-state index is 12.2. The van der Waals surface area contributed by atoms with E-state index in [0.717, 1.165) is 12.4 Å². The highest BCUT2D eigenvalue weighted by Crippen LogP contribution is 2.10. The summed E-state index contributed by atoms with van der Waals surface area (Å²) in [5, 5.41) is 12.8. The number of hydrogen-bond donors (Lipinski definition) is 2. The number of aryl methyl sites for hydroxylation is 1. The van der Waals surface area contributed by atoms with Crippen LogP contribution >= 0.6 is 0 Å². The van der Waals surface area contributed by atoms with E-state index < -0.39 is 17.8 Å². The van der Waals surface area contributed by atoms with Crippen LogP contribution in [-0.4, -0.2) is 57.0 Å². The fourth-order valence-electron chi connectivity index (χ4n) is 2.11. The van der Waals surface area contributed by atoms with Crippen molar-refractivity contribution in [1.82, 2.24) is 19.8 Å². The first kappa shape index (κ1) is 19.4. The van der Waals surface area contributed by atoms with Crippen LogP contribution in [0, 0.1) is 0 Å². The quantitative estimate of drug-likeness (QED) is 0.710. The van der Waals surface area contributed by atoms with E-state index in [2.05, 4.69) is 21.8 Å². The molecule has 1 atom stereocenters. The Hall–Kier alpha value is -1.60. The Kier molecular flexibility index (Phi) is 7.51. The van der Waals surface area contributed by atoms with Crippen molar-refractivity contribution in [1.29, 1.82) is 0 Å². The van der Waals surface area contributed by atoms with E-state index in [0.29, 0.717) is 19.6 Å². The number of carbonyl (C=O) groups excluding carboxylic acids is 1. The first-order valence-corrected chi connectivity index (χ1v) is 8.09. The summed E-state index contributed by atoms with van der Waals surface area (Å²) in [5.74, 6) is 0.965. The molecule has 0 aliphatic heterocycles. The SMILES string of the molecule is CCn1ccnc1CNCCN(CC(C)O)C(=O)OC(C)(C)C. The third-order valence-electron chi connectivity index (χ3n) is 3.12. The van der Waals surface area contributed by atoms with E-state index >= 15 is 0 Å². The lowest BCUT2D eigenvalue weighted by molar-refractivity contribution is 0.0164. The predicted octanol–water partition coefficient (Wildman–Crippen LogP) is 1.61. The number of nitrogens with zero attached hydrogens (tertiary/aromatic N) is 3. The van der Waals surface area contributed by atoms with Gasteiger partial charge in [0.05, 0.1) is 12.6 Å². The van der Waals surface area contributed by atoms with Crippen LogP contribution in [0.15, 0.2) is 12.4 Å². The number of aromatic nitrogens is 2. The molecule has 132 valence electrons. The summed E-state index contributed by atoms with van der Waals surface area (Å²) < 4.78 is 7.44. The number of amides is 1. The predicted molar refractivity (Wildman–Crippen MR) is 89.1 cm³/mol. The van der Waals surface area contributed by atoms with E-state index in [9.17, 15) is 9.90 Å². The maximum atomic E-state index is 12.2. The molecular weight excluding hydrogens is 296 g/mol.